The number of pyridine rings is 1. The minimum Gasteiger partial charge on any atom is -0.493 e. The highest BCUT2D eigenvalue weighted by Crippen LogP contribution is 2.29. The van der Waals surface area contributed by atoms with Crippen LogP contribution in [0.3, 0.4) is 0 Å². The molecule has 0 unspecified atom stereocenters. The van der Waals surface area contributed by atoms with Crippen LogP contribution in [0.25, 0.3) is 16.9 Å². The Morgan fingerprint density at radius 3 is 2.65 bits per heavy atom. The van der Waals surface area contributed by atoms with E-state index in [2.05, 4.69) is 28.6 Å². The lowest BCUT2D eigenvalue weighted by atomic mass is 10.1. The van der Waals surface area contributed by atoms with E-state index in [1.54, 1.807) is 0 Å². The second-order valence-electron chi connectivity index (χ2n) is 4.45. The number of imidazole rings is 1. The van der Waals surface area contributed by atoms with Gasteiger partial charge in [-0.2, -0.15) is 0 Å². The van der Waals surface area contributed by atoms with Crippen LogP contribution >= 0.6 is 17.0 Å². The zero-order valence-corrected chi connectivity index (χ0v) is 13.2. The number of ether oxygens (including phenoxy) is 1. The summed E-state index contributed by atoms with van der Waals surface area (Å²) in [5.74, 6) is 0.881. The van der Waals surface area contributed by atoms with Crippen LogP contribution in [-0.4, -0.2) is 16.0 Å². The van der Waals surface area contributed by atoms with Gasteiger partial charge in [-0.25, -0.2) is 4.98 Å². The van der Waals surface area contributed by atoms with Crippen LogP contribution in [0.15, 0.2) is 48.7 Å². The Bertz CT molecular complexity index is 721. The van der Waals surface area contributed by atoms with E-state index in [9.17, 15) is 0 Å². The van der Waals surface area contributed by atoms with Gasteiger partial charge in [-0.3, -0.25) is 0 Å². The van der Waals surface area contributed by atoms with Gasteiger partial charge in [-0.1, -0.05) is 18.2 Å². The van der Waals surface area contributed by atoms with E-state index in [-0.39, 0.29) is 17.0 Å². The van der Waals surface area contributed by atoms with Crippen LogP contribution in [0.5, 0.6) is 5.75 Å². The number of aromatic nitrogens is 2. The zero-order chi connectivity index (χ0) is 13.2. The van der Waals surface area contributed by atoms with E-state index < -0.39 is 0 Å². The van der Waals surface area contributed by atoms with Gasteiger partial charge >= 0.3 is 0 Å². The van der Waals surface area contributed by atoms with Crippen LogP contribution in [0, 0.1) is 6.92 Å². The van der Waals surface area contributed by atoms with Gasteiger partial charge in [0, 0.05) is 17.5 Å². The first-order chi connectivity index (χ1) is 9.29. The Balaban J connectivity index is 0.00000147. The summed E-state index contributed by atoms with van der Waals surface area (Å²) in [6.07, 6.45) is 2.06. The average molecular weight is 333 g/mol. The number of nitrogens with zero attached hydrogens (tertiary/aromatic N) is 2. The summed E-state index contributed by atoms with van der Waals surface area (Å²) in [5, 5.41) is 0. The van der Waals surface area contributed by atoms with Crippen molar-refractivity contribution in [3.8, 4) is 17.0 Å². The molecule has 1 aromatic carbocycles. The van der Waals surface area contributed by atoms with Crippen LogP contribution in [-0.2, 0) is 0 Å². The van der Waals surface area contributed by atoms with Gasteiger partial charge in [0.15, 0.2) is 0 Å². The molecule has 3 rings (SSSR count). The number of hydrogen-bond acceptors (Lipinski definition) is 2. The van der Waals surface area contributed by atoms with E-state index in [0.29, 0.717) is 6.61 Å². The summed E-state index contributed by atoms with van der Waals surface area (Å²) in [6.45, 7) is 4.72. The predicted octanol–water partition coefficient (Wildman–Crippen LogP) is 4.29. The molecular formula is C16H17BrN2O. The summed E-state index contributed by atoms with van der Waals surface area (Å²) >= 11 is 0. The Morgan fingerprint density at radius 1 is 1.10 bits per heavy atom. The van der Waals surface area contributed by atoms with Crippen molar-refractivity contribution in [3.05, 3.63) is 54.4 Å². The number of halogens is 1. The number of hydrogen-bond donors (Lipinski definition) is 0. The van der Waals surface area contributed by atoms with Crippen molar-refractivity contribution in [2.75, 3.05) is 6.61 Å². The van der Waals surface area contributed by atoms with Crippen molar-refractivity contribution >= 4 is 22.6 Å². The molecule has 0 amide bonds. The topological polar surface area (TPSA) is 26.5 Å². The zero-order valence-electron chi connectivity index (χ0n) is 11.5. The van der Waals surface area contributed by atoms with Crippen molar-refractivity contribution in [2.24, 2.45) is 0 Å². The van der Waals surface area contributed by atoms with Crippen molar-refractivity contribution in [3.63, 3.8) is 0 Å². The summed E-state index contributed by atoms with van der Waals surface area (Å²) in [6, 6.07) is 14.1. The van der Waals surface area contributed by atoms with Gasteiger partial charge in [0.2, 0.25) is 0 Å². The predicted molar refractivity (Wildman–Crippen MR) is 86.9 cm³/mol. The maximum Gasteiger partial charge on any atom is 0.137 e. The van der Waals surface area contributed by atoms with E-state index in [1.807, 2.05) is 43.3 Å². The smallest absolute Gasteiger partial charge is 0.137 e. The highest BCUT2D eigenvalue weighted by atomic mass is 79.9. The van der Waals surface area contributed by atoms with Gasteiger partial charge in [-0.05, 0) is 38.1 Å². The third kappa shape index (κ3) is 2.56. The number of benzene rings is 1. The highest BCUT2D eigenvalue weighted by molar-refractivity contribution is 8.93. The molecule has 0 saturated heterocycles. The standard InChI is InChI=1S/C16H16N2O.BrH/c1-3-19-15-9-5-4-8-13(15)14-11-18-12(2)7-6-10-16(18)17-14;/h4-11H,3H2,1-2H3;1H. The molecule has 0 saturated carbocycles. The van der Waals surface area contributed by atoms with E-state index >= 15 is 0 Å². The minimum atomic E-state index is 0. The Morgan fingerprint density at radius 2 is 1.90 bits per heavy atom. The molecule has 0 bridgehead atoms. The highest BCUT2D eigenvalue weighted by Gasteiger charge is 2.10. The maximum atomic E-state index is 5.67. The lowest BCUT2D eigenvalue weighted by Crippen LogP contribution is -1.93. The molecule has 20 heavy (non-hydrogen) atoms. The average Bonchev–Trinajstić information content (AvgIpc) is 2.85. The Hall–Kier alpha value is -1.81. The SMILES string of the molecule is Br.CCOc1ccccc1-c1cn2c(C)cccc2n1. The first-order valence-corrected chi connectivity index (χ1v) is 6.46. The first kappa shape index (κ1) is 14.6. The molecule has 2 heterocycles. The molecule has 0 aliphatic carbocycles. The molecule has 0 aliphatic heterocycles. The number of fused-ring (bicyclic) bond motifs is 1. The van der Waals surface area contributed by atoms with Gasteiger partial charge in [0.1, 0.15) is 11.4 Å². The number of rotatable bonds is 3. The van der Waals surface area contributed by atoms with Gasteiger partial charge in [0.25, 0.3) is 0 Å². The first-order valence-electron chi connectivity index (χ1n) is 6.46. The summed E-state index contributed by atoms with van der Waals surface area (Å²) in [5.41, 5.74) is 4.11. The molecule has 0 spiro atoms. The molecule has 0 aliphatic rings. The van der Waals surface area contributed by atoms with Crippen molar-refractivity contribution < 1.29 is 4.74 Å². The largest absolute Gasteiger partial charge is 0.493 e. The molecule has 3 aromatic rings. The molecule has 4 heteroatoms. The summed E-state index contributed by atoms with van der Waals surface area (Å²) in [7, 11) is 0. The lowest BCUT2D eigenvalue weighted by molar-refractivity contribution is 0.341. The second-order valence-corrected chi connectivity index (χ2v) is 4.45. The van der Waals surface area contributed by atoms with Crippen LogP contribution in [0.4, 0.5) is 0 Å². The fraction of sp³-hybridized carbons (Fsp3) is 0.188. The quantitative estimate of drug-likeness (QED) is 0.715. The van der Waals surface area contributed by atoms with E-state index in [1.165, 1.54) is 5.69 Å². The van der Waals surface area contributed by atoms with Gasteiger partial charge < -0.3 is 9.14 Å². The normalized spacial score (nSPS) is 10.3. The van der Waals surface area contributed by atoms with Crippen molar-refractivity contribution in [1.82, 2.24) is 9.38 Å². The molecule has 2 aromatic heterocycles. The lowest BCUT2D eigenvalue weighted by Gasteiger charge is -2.07. The molecule has 3 nitrogen and oxygen atoms in total. The van der Waals surface area contributed by atoms with E-state index in [4.69, 9.17) is 4.74 Å². The molecule has 0 fully saturated rings. The number of para-hydroxylation sites is 1. The molecule has 0 N–H and O–H groups in total. The third-order valence-electron chi connectivity index (χ3n) is 3.16. The molecular weight excluding hydrogens is 316 g/mol. The van der Waals surface area contributed by atoms with Gasteiger partial charge in [-0.15, -0.1) is 17.0 Å². The summed E-state index contributed by atoms with van der Waals surface area (Å²) < 4.78 is 7.76. The van der Waals surface area contributed by atoms with Crippen LogP contribution < -0.4 is 4.74 Å². The molecule has 104 valence electrons. The fourth-order valence-electron chi connectivity index (χ4n) is 2.24. The monoisotopic (exact) mass is 332 g/mol. The maximum absolute atomic E-state index is 5.67. The van der Waals surface area contributed by atoms with Crippen LogP contribution in [0.1, 0.15) is 12.6 Å². The van der Waals surface area contributed by atoms with Crippen LogP contribution in [0.2, 0.25) is 0 Å². The second kappa shape index (κ2) is 6.09. The van der Waals surface area contributed by atoms with E-state index in [0.717, 1.165) is 22.7 Å². The number of aryl methyl sites for hydroxylation is 1. The van der Waals surface area contributed by atoms with Crippen molar-refractivity contribution in [1.29, 1.82) is 0 Å². The molecule has 0 atom stereocenters. The minimum absolute atomic E-state index is 0. The van der Waals surface area contributed by atoms with Gasteiger partial charge in [0.05, 0.1) is 12.3 Å². The summed E-state index contributed by atoms with van der Waals surface area (Å²) in [4.78, 5) is 4.67. The van der Waals surface area contributed by atoms with Crippen molar-refractivity contribution in [2.45, 2.75) is 13.8 Å². The molecule has 0 radical (unpaired) electrons. The third-order valence-corrected chi connectivity index (χ3v) is 3.16. The fourth-order valence-corrected chi connectivity index (χ4v) is 2.24. The Labute approximate surface area is 129 Å². The Kier molecular flexibility index (Phi) is 4.45.